The molecule has 1 rings (SSSR count). The van der Waals surface area contributed by atoms with Crippen molar-refractivity contribution in [2.45, 2.75) is 12.5 Å². The molecule has 0 aliphatic rings. The highest BCUT2D eigenvalue weighted by molar-refractivity contribution is 5.94. The number of carboxylic acid groups (broad SMARTS) is 1. The normalized spacial score (nSPS) is 11.8. The van der Waals surface area contributed by atoms with Crippen molar-refractivity contribution in [1.29, 1.82) is 0 Å². The first-order valence-electron chi connectivity index (χ1n) is 6.10. The van der Waals surface area contributed by atoms with E-state index in [-0.39, 0.29) is 18.9 Å². The van der Waals surface area contributed by atoms with Crippen LogP contribution in [0.15, 0.2) is 18.3 Å². The van der Waals surface area contributed by atoms with Gasteiger partial charge in [-0.05, 0) is 12.1 Å². The number of aromatic nitrogens is 1. The molecular weight excluding hydrogens is 262 g/mol. The third-order valence-corrected chi connectivity index (χ3v) is 2.69. The Morgan fingerprint density at radius 2 is 2.20 bits per heavy atom. The maximum Gasteiger partial charge on any atom is 0.306 e. The summed E-state index contributed by atoms with van der Waals surface area (Å²) in [6.45, 7) is 0.140. The van der Waals surface area contributed by atoms with Crippen LogP contribution in [0.2, 0.25) is 0 Å². The Morgan fingerprint density at radius 1 is 1.50 bits per heavy atom. The van der Waals surface area contributed by atoms with Crippen molar-refractivity contribution in [1.82, 2.24) is 10.3 Å². The molecule has 20 heavy (non-hydrogen) atoms. The van der Waals surface area contributed by atoms with Crippen LogP contribution >= 0.6 is 0 Å². The minimum atomic E-state index is -0.968. The SMILES string of the molecule is COC(CNC(=O)c1ccnc(N(C)C)c1)CC(=O)O. The van der Waals surface area contributed by atoms with E-state index in [0.29, 0.717) is 11.4 Å². The number of anilines is 1. The molecule has 2 N–H and O–H groups in total. The zero-order chi connectivity index (χ0) is 15.1. The fourth-order valence-electron chi connectivity index (χ4n) is 1.55. The van der Waals surface area contributed by atoms with Crippen LogP contribution in [0.1, 0.15) is 16.8 Å². The van der Waals surface area contributed by atoms with E-state index in [1.807, 2.05) is 14.1 Å². The minimum absolute atomic E-state index is 0.140. The standard InChI is InChI=1S/C13H19N3O4/c1-16(2)11-6-9(4-5-14-11)13(19)15-8-10(20-3)7-12(17)18/h4-6,10H,7-8H2,1-3H3,(H,15,19)(H,17,18). The Bertz CT molecular complexity index is 476. The first-order chi connectivity index (χ1) is 9.43. The second-order valence-corrected chi connectivity index (χ2v) is 4.46. The van der Waals surface area contributed by atoms with Crippen molar-refractivity contribution in [3.8, 4) is 0 Å². The molecule has 1 unspecified atom stereocenters. The number of nitrogens with zero attached hydrogens (tertiary/aromatic N) is 2. The summed E-state index contributed by atoms with van der Waals surface area (Å²) in [5.41, 5.74) is 0.467. The summed E-state index contributed by atoms with van der Waals surface area (Å²) in [6, 6.07) is 3.26. The predicted octanol–water partition coefficient (Wildman–Crippen LogP) is 0.367. The molecule has 1 aromatic heterocycles. The van der Waals surface area contributed by atoms with Crippen LogP contribution in [0.4, 0.5) is 5.82 Å². The molecule has 0 aromatic carbocycles. The Hall–Kier alpha value is -2.15. The van der Waals surface area contributed by atoms with Crippen molar-refractivity contribution in [3.05, 3.63) is 23.9 Å². The number of hydrogen-bond donors (Lipinski definition) is 2. The zero-order valence-electron chi connectivity index (χ0n) is 11.8. The van der Waals surface area contributed by atoms with Crippen molar-refractivity contribution >= 4 is 17.7 Å². The molecular formula is C13H19N3O4. The average molecular weight is 281 g/mol. The van der Waals surface area contributed by atoms with E-state index in [2.05, 4.69) is 10.3 Å². The maximum atomic E-state index is 12.0. The summed E-state index contributed by atoms with van der Waals surface area (Å²) in [5, 5.41) is 11.3. The highest BCUT2D eigenvalue weighted by Crippen LogP contribution is 2.09. The monoisotopic (exact) mass is 281 g/mol. The van der Waals surface area contributed by atoms with Gasteiger partial charge in [-0.1, -0.05) is 0 Å². The van der Waals surface area contributed by atoms with Crippen molar-refractivity contribution < 1.29 is 19.4 Å². The molecule has 0 saturated carbocycles. The van der Waals surface area contributed by atoms with Gasteiger partial charge in [0.1, 0.15) is 5.82 Å². The first-order valence-corrected chi connectivity index (χ1v) is 6.10. The lowest BCUT2D eigenvalue weighted by molar-refractivity contribution is -0.139. The number of rotatable bonds is 7. The molecule has 7 nitrogen and oxygen atoms in total. The van der Waals surface area contributed by atoms with E-state index >= 15 is 0 Å². The van der Waals surface area contributed by atoms with Crippen LogP contribution in [0.25, 0.3) is 0 Å². The first kappa shape index (κ1) is 15.9. The van der Waals surface area contributed by atoms with E-state index in [1.54, 1.807) is 23.2 Å². The fourth-order valence-corrected chi connectivity index (χ4v) is 1.55. The number of aliphatic carboxylic acids is 1. The van der Waals surface area contributed by atoms with Gasteiger partial charge in [0.15, 0.2) is 0 Å². The van der Waals surface area contributed by atoms with Gasteiger partial charge in [-0.3, -0.25) is 9.59 Å². The van der Waals surface area contributed by atoms with Gasteiger partial charge < -0.3 is 20.1 Å². The van der Waals surface area contributed by atoms with E-state index in [1.165, 1.54) is 7.11 Å². The average Bonchev–Trinajstić information content (AvgIpc) is 2.42. The summed E-state index contributed by atoms with van der Waals surface area (Å²) in [6.07, 6.45) is 0.845. The fraction of sp³-hybridized carbons (Fsp3) is 0.462. The lowest BCUT2D eigenvalue weighted by Crippen LogP contribution is -2.34. The van der Waals surface area contributed by atoms with Gasteiger partial charge in [0.25, 0.3) is 5.91 Å². The number of ether oxygens (including phenoxy) is 1. The summed E-state index contributed by atoms with van der Waals surface area (Å²) < 4.78 is 4.99. The van der Waals surface area contributed by atoms with Gasteiger partial charge in [0.2, 0.25) is 0 Å². The van der Waals surface area contributed by atoms with Gasteiger partial charge >= 0.3 is 5.97 Å². The Kier molecular flexibility index (Phi) is 5.92. The van der Waals surface area contributed by atoms with E-state index in [4.69, 9.17) is 9.84 Å². The molecule has 0 aliphatic heterocycles. The number of hydrogen-bond acceptors (Lipinski definition) is 5. The second-order valence-electron chi connectivity index (χ2n) is 4.46. The largest absolute Gasteiger partial charge is 0.481 e. The predicted molar refractivity (Wildman–Crippen MR) is 73.9 cm³/mol. The third kappa shape index (κ3) is 4.85. The van der Waals surface area contributed by atoms with Gasteiger partial charge in [0.05, 0.1) is 12.5 Å². The smallest absolute Gasteiger partial charge is 0.306 e. The van der Waals surface area contributed by atoms with E-state index in [9.17, 15) is 9.59 Å². The summed E-state index contributed by atoms with van der Waals surface area (Å²) >= 11 is 0. The van der Waals surface area contributed by atoms with Crippen LogP contribution in [0, 0.1) is 0 Å². The number of carbonyl (C=O) groups excluding carboxylic acids is 1. The highest BCUT2D eigenvalue weighted by Gasteiger charge is 2.14. The minimum Gasteiger partial charge on any atom is -0.481 e. The molecule has 0 saturated heterocycles. The zero-order valence-corrected chi connectivity index (χ0v) is 11.8. The molecule has 1 heterocycles. The van der Waals surface area contributed by atoms with Crippen LogP contribution in [0.3, 0.4) is 0 Å². The highest BCUT2D eigenvalue weighted by atomic mass is 16.5. The number of carbonyl (C=O) groups is 2. The molecule has 1 amide bonds. The molecule has 0 spiro atoms. The topological polar surface area (TPSA) is 91.8 Å². The summed E-state index contributed by atoms with van der Waals surface area (Å²) in [5.74, 6) is -0.584. The van der Waals surface area contributed by atoms with Crippen LogP contribution < -0.4 is 10.2 Å². The second kappa shape index (κ2) is 7.44. The Morgan fingerprint density at radius 3 is 2.75 bits per heavy atom. The van der Waals surface area contributed by atoms with Crippen molar-refractivity contribution in [2.24, 2.45) is 0 Å². The molecule has 1 atom stereocenters. The lowest BCUT2D eigenvalue weighted by Gasteiger charge is -2.15. The summed E-state index contributed by atoms with van der Waals surface area (Å²) in [4.78, 5) is 28.5. The number of pyridine rings is 1. The van der Waals surface area contributed by atoms with Crippen LogP contribution in [-0.4, -0.2) is 55.8 Å². The Labute approximate surface area is 117 Å². The summed E-state index contributed by atoms with van der Waals surface area (Å²) in [7, 11) is 5.08. The molecule has 0 radical (unpaired) electrons. The number of carboxylic acids is 1. The number of nitrogens with one attached hydrogen (secondary N) is 1. The molecule has 0 aliphatic carbocycles. The van der Waals surface area contributed by atoms with Gasteiger partial charge in [-0.2, -0.15) is 0 Å². The quantitative estimate of drug-likeness (QED) is 0.750. The maximum absolute atomic E-state index is 12.0. The van der Waals surface area contributed by atoms with E-state index < -0.39 is 12.1 Å². The van der Waals surface area contributed by atoms with Crippen LogP contribution in [0.5, 0.6) is 0 Å². The number of methoxy groups -OCH3 is 1. The van der Waals surface area contributed by atoms with Crippen molar-refractivity contribution in [3.63, 3.8) is 0 Å². The Balaban J connectivity index is 2.62. The van der Waals surface area contributed by atoms with Crippen molar-refractivity contribution in [2.75, 3.05) is 32.6 Å². The van der Waals surface area contributed by atoms with E-state index in [0.717, 1.165) is 0 Å². The molecule has 0 bridgehead atoms. The van der Waals surface area contributed by atoms with Gasteiger partial charge in [-0.25, -0.2) is 4.98 Å². The molecule has 110 valence electrons. The molecule has 1 aromatic rings. The molecule has 7 heteroatoms. The lowest BCUT2D eigenvalue weighted by atomic mass is 10.2. The van der Waals surface area contributed by atoms with Gasteiger partial charge in [-0.15, -0.1) is 0 Å². The third-order valence-electron chi connectivity index (χ3n) is 2.69. The van der Waals surface area contributed by atoms with Gasteiger partial charge in [0, 0.05) is 39.5 Å². The number of amides is 1. The molecule has 0 fully saturated rings. The van der Waals surface area contributed by atoms with Crippen LogP contribution in [-0.2, 0) is 9.53 Å².